The zero-order chi connectivity index (χ0) is 15.0. The summed E-state index contributed by atoms with van der Waals surface area (Å²) in [5.41, 5.74) is 7.15. The van der Waals surface area contributed by atoms with E-state index in [1.165, 1.54) is 6.07 Å². The van der Waals surface area contributed by atoms with Crippen LogP contribution in [0.1, 0.15) is 5.56 Å². The number of nitrogens with two attached hydrogens (primary N) is 1. The average Bonchev–Trinajstić information content (AvgIpc) is 2.41. The number of anilines is 1. The number of hydrogen-bond donors (Lipinski definition) is 1. The molecule has 1 heterocycles. The lowest BCUT2D eigenvalue weighted by atomic mass is 10.1. The maximum absolute atomic E-state index is 11.4. The van der Waals surface area contributed by atoms with Crippen LogP contribution in [0.5, 0.6) is 11.5 Å². The van der Waals surface area contributed by atoms with Gasteiger partial charge in [-0.05, 0) is 42.8 Å². The van der Waals surface area contributed by atoms with E-state index in [4.69, 9.17) is 26.5 Å². The lowest BCUT2D eigenvalue weighted by Crippen LogP contribution is -1.97. The van der Waals surface area contributed by atoms with E-state index < -0.39 is 0 Å². The molecule has 0 spiro atoms. The Bertz CT molecular complexity index is 886. The zero-order valence-corrected chi connectivity index (χ0v) is 12.0. The SMILES string of the molecule is Cc1cc(=O)oc2cc(Oc3ccc(N)cc3Cl)ccc12. The van der Waals surface area contributed by atoms with Gasteiger partial charge in [-0.25, -0.2) is 4.79 Å². The largest absolute Gasteiger partial charge is 0.456 e. The fraction of sp³-hybridized carbons (Fsp3) is 0.0625. The van der Waals surface area contributed by atoms with E-state index in [-0.39, 0.29) is 5.63 Å². The Balaban J connectivity index is 2.03. The number of ether oxygens (including phenoxy) is 1. The van der Waals surface area contributed by atoms with Gasteiger partial charge in [-0.15, -0.1) is 0 Å². The molecule has 0 aliphatic rings. The van der Waals surface area contributed by atoms with Crippen molar-refractivity contribution in [2.24, 2.45) is 0 Å². The highest BCUT2D eigenvalue weighted by atomic mass is 35.5. The van der Waals surface area contributed by atoms with Crippen molar-refractivity contribution in [2.75, 3.05) is 5.73 Å². The summed E-state index contributed by atoms with van der Waals surface area (Å²) in [7, 11) is 0. The molecule has 4 nitrogen and oxygen atoms in total. The topological polar surface area (TPSA) is 65.5 Å². The molecule has 3 aromatic rings. The molecule has 3 rings (SSSR count). The molecule has 0 fully saturated rings. The Morgan fingerprint density at radius 2 is 1.95 bits per heavy atom. The fourth-order valence-corrected chi connectivity index (χ4v) is 2.32. The lowest BCUT2D eigenvalue weighted by Gasteiger charge is -2.09. The Morgan fingerprint density at radius 1 is 1.14 bits per heavy atom. The van der Waals surface area contributed by atoms with Gasteiger partial charge in [-0.2, -0.15) is 0 Å². The Hall–Kier alpha value is -2.46. The van der Waals surface area contributed by atoms with Crippen LogP contribution < -0.4 is 16.1 Å². The molecule has 21 heavy (non-hydrogen) atoms. The number of benzene rings is 2. The smallest absolute Gasteiger partial charge is 0.336 e. The predicted octanol–water partition coefficient (Wildman–Crippen LogP) is 4.13. The number of fused-ring (bicyclic) bond motifs is 1. The Kier molecular flexibility index (Phi) is 3.31. The van der Waals surface area contributed by atoms with Crippen molar-refractivity contribution in [2.45, 2.75) is 6.92 Å². The highest BCUT2D eigenvalue weighted by molar-refractivity contribution is 6.32. The normalized spacial score (nSPS) is 10.8. The number of aryl methyl sites for hydroxylation is 1. The first-order chi connectivity index (χ1) is 10.0. The molecule has 0 atom stereocenters. The fourth-order valence-electron chi connectivity index (χ4n) is 2.10. The van der Waals surface area contributed by atoms with Gasteiger partial charge in [0.25, 0.3) is 0 Å². The van der Waals surface area contributed by atoms with Crippen LogP contribution in [0.15, 0.2) is 51.7 Å². The summed E-state index contributed by atoms with van der Waals surface area (Å²) in [6, 6.07) is 11.8. The van der Waals surface area contributed by atoms with Crippen LogP contribution in [-0.4, -0.2) is 0 Å². The van der Waals surface area contributed by atoms with Crippen LogP contribution in [-0.2, 0) is 0 Å². The van der Waals surface area contributed by atoms with E-state index in [1.807, 2.05) is 13.0 Å². The third kappa shape index (κ3) is 2.71. The Morgan fingerprint density at radius 3 is 2.71 bits per heavy atom. The maximum Gasteiger partial charge on any atom is 0.336 e. The molecule has 1 aromatic heterocycles. The number of nitrogen functional groups attached to an aromatic ring is 1. The van der Waals surface area contributed by atoms with Gasteiger partial charge < -0.3 is 14.9 Å². The van der Waals surface area contributed by atoms with E-state index in [0.29, 0.717) is 27.8 Å². The van der Waals surface area contributed by atoms with Crippen LogP contribution in [0.4, 0.5) is 5.69 Å². The van der Waals surface area contributed by atoms with Gasteiger partial charge in [-0.3, -0.25) is 0 Å². The molecule has 2 aromatic carbocycles. The van der Waals surface area contributed by atoms with Crippen LogP contribution >= 0.6 is 11.6 Å². The van der Waals surface area contributed by atoms with E-state index in [1.54, 1.807) is 30.3 Å². The van der Waals surface area contributed by atoms with Gasteiger partial charge in [0, 0.05) is 23.2 Å². The summed E-state index contributed by atoms with van der Waals surface area (Å²) in [6.45, 7) is 1.86. The Labute approximate surface area is 125 Å². The molecule has 2 N–H and O–H groups in total. The minimum atomic E-state index is -0.386. The van der Waals surface area contributed by atoms with Crippen LogP contribution in [0.2, 0.25) is 5.02 Å². The van der Waals surface area contributed by atoms with Crippen LogP contribution in [0, 0.1) is 6.92 Å². The summed E-state index contributed by atoms with van der Waals surface area (Å²) >= 11 is 6.07. The third-order valence-corrected chi connectivity index (χ3v) is 3.40. The van der Waals surface area contributed by atoms with Crippen molar-refractivity contribution in [3.8, 4) is 11.5 Å². The number of hydrogen-bond acceptors (Lipinski definition) is 4. The van der Waals surface area contributed by atoms with E-state index in [9.17, 15) is 4.79 Å². The predicted molar refractivity (Wildman–Crippen MR) is 83.2 cm³/mol. The van der Waals surface area contributed by atoms with E-state index in [2.05, 4.69) is 0 Å². The highest BCUT2D eigenvalue weighted by Crippen LogP contribution is 2.32. The molecule has 0 amide bonds. The second-order valence-electron chi connectivity index (χ2n) is 4.70. The van der Waals surface area contributed by atoms with Gasteiger partial charge in [0.15, 0.2) is 0 Å². The third-order valence-electron chi connectivity index (χ3n) is 3.11. The van der Waals surface area contributed by atoms with Crippen LogP contribution in [0.25, 0.3) is 11.0 Å². The molecule has 0 aliphatic heterocycles. The molecule has 0 aliphatic carbocycles. The zero-order valence-electron chi connectivity index (χ0n) is 11.2. The van der Waals surface area contributed by atoms with Crippen molar-refractivity contribution in [3.05, 3.63) is 63.5 Å². The molecule has 106 valence electrons. The first-order valence-electron chi connectivity index (χ1n) is 6.30. The quantitative estimate of drug-likeness (QED) is 0.571. The first-order valence-corrected chi connectivity index (χ1v) is 6.68. The second kappa shape index (κ2) is 5.14. The van der Waals surface area contributed by atoms with Crippen molar-refractivity contribution in [3.63, 3.8) is 0 Å². The first kappa shape index (κ1) is 13.5. The van der Waals surface area contributed by atoms with Crippen molar-refractivity contribution in [1.29, 1.82) is 0 Å². The number of halogens is 1. The number of rotatable bonds is 2. The minimum Gasteiger partial charge on any atom is -0.456 e. The highest BCUT2D eigenvalue weighted by Gasteiger charge is 2.07. The molecule has 0 unspecified atom stereocenters. The van der Waals surface area contributed by atoms with Gasteiger partial charge >= 0.3 is 5.63 Å². The lowest BCUT2D eigenvalue weighted by molar-refractivity contribution is 0.480. The summed E-state index contributed by atoms with van der Waals surface area (Å²) in [5, 5.41) is 1.28. The molecule has 0 radical (unpaired) electrons. The molecule has 0 saturated carbocycles. The summed E-state index contributed by atoms with van der Waals surface area (Å²) in [4.78, 5) is 11.4. The second-order valence-corrected chi connectivity index (χ2v) is 5.11. The van der Waals surface area contributed by atoms with Gasteiger partial charge in [-0.1, -0.05) is 11.6 Å². The van der Waals surface area contributed by atoms with Crippen molar-refractivity contribution < 1.29 is 9.15 Å². The average molecular weight is 302 g/mol. The molecule has 0 bridgehead atoms. The van der Waals surface area contributed by atoms with E-state index >= 15 is 0 Å². The van der Waals surface area contributed by atoms with Gasteiger partial charge in [0.1, 0.15) is 17.1 Å². The molecular weight excluding hydrogens is 290 g/mol. The van der Waals surface area contributed by atoms with Crippen molar-refractivity contribution in [1.82, 2.24) is 0 Å². The standard InChI is InChI=1S/C16H12ClNO3/c1-9-6-16(19)21-15-8-11(3-4-12(9)15)20-14-5-2-10(18)7-13(14)17/h2-8H,18H2,1H3. The molecule has 0 saturated heterocycles. The van der Waals surface area contributed by atoms with Crippen molar-refractivity contribution >= 4 is 28.3 Å². The monoisotopic (exact) mass is 301 g/mol. The van der Waals surface area contributed by atoms with Crippen LogP contribution in [0.3, 0.4) is 0 Å². The summed E-state index contributed by atoms with van der Waals surface area (Å²) in [5.74, 6) is 1.02. The van der Waals surface area contributed by atoms with Gasteiger partial charge in [0.05, 0.1) is 5.02 Å². The minimum absolute atomic E-state index is 0.386. The summed E-state index contributed by atoms with van der Waals surface area (Å²) < 4.78 is 10.9. The van der Waals surface area contributed by atoms with Gasteiger partial charge in [0.2, 0.25) is 0 Å². The maximum atomic E-state index is 11.4. The molecular formula is C16H12ClNO3. The summed E-state index contributed by atoms with van der Waals surface area (Å²) in [6.07, 6.45) is 0. The van der Waals surface area contributed by atoms with E-state index in [0.717, 1.165) is 10.9 Å². The molecule has 5 heteroatoms.